The van der Waals surface area contributed by atoms with Crippen LogP contribution < -0.4 is 4.74 Å². The molecule has 0 aliphatic rings. The predicted octanol–water partition coefficient (Wildman–Crippen LogP) is 4.03. The van der Waals surface area contributed by atoms with E-state index in [2.05, 4.69) is 0 Å². The zero-order valence-electron chi connectivity index (χ0n) is 10.5. The molecule has 2 aromatic carbocycles. The predicted molar refractivity (Wildman–Crippen MR) is 72.6 cm³/mol. The van der Waals surface area contributed by atoms with Gasteiger partial charge in [-0.1, -0.05) is 11.6 Å². The van der Waals surface area contributed by atoms with E-state index in [0.29, 0.717) is 27.5 Å². The van der Waals surface area contributed by atoms with Crippen molar-refractivity contribution in [2.45, 2.75) is 6.92 Å². The number of hydrogen-bond donors (Lipinski definition) is 0. The average molecular weight is 279 g/mol. The number of methoxy groups -OCH3 is 1. The average Bonchev–Trinajstić information content (AvgIpc) is 2.38. The number of halogens is 2. The lowest BCUT2D eigenvalue weighted by atomic mass is 9.98. The van der Waals surface area contributed by atoms with Crippen molar-refractivity contribution in [1.82, 2.24) is 0 Å². The molecule has 0 amide bonds. The van der Waals surface area contributed by atoms with Crippen molar-refractivity contribution in [2.24, 2.45) is 0 Å². The minimum Gasteiger partial charge on any atom is -0.496 e. The normalized spacial score (nSPS) is 10.3. The van der Waals surface area contributed by atoms with E-state index in [9.17, 15) is 9.18 Å². The van der Waals surface area contributed by atoms with Crippen molar-refractivity contribution < 1.29 is 13.9 Å². The van der Waals surface area contributed by atoms with Crippen LogP contribution in [0.3, 0.4) is 0 Å². The molecule has 2 nitrogen and oxygen atoms in total. The molecule has 0 fully saturated rings. The van der Waals surface area contributed by atoms with Crippen LogP contribution in [-0.2, 0) is 0 Å². The van der Waals surface area contributed by atoms with Gasteiger partial charge >= 0.3 is 0 Å². The Morgan fingerprint density at radius 2 is 1.89 bits per heavy atom. The molecule has 0 atom stereocenters. The summed E-state index contributed by atoms with van der Waals surface area (Å²) in [6.07, 6.45) is 0. The monoisotopic (exact) mass is 278 g/mol. The standard InChI is InChI=1S/C15H12ClFO2/c1-9-7-11(17)4-5-12(9)15(18)13-8-10(16)3-6-14(13)19-2/h3-8H,1-2H3. The molecular weight excluding hydrogens is 267 g/mol. The maximum Gasteiger partial charge on any atom is 0.197 e. The van der Waals surface area contributed by atoms with E-state index in [1.807, 2.05) is 0 Å². The summed E-state index contributed by atoms with van der Waals surface area (Å²) in [5.41, 5.74) is 1.37. The van der Waals surface area contributed by atoms with Gasteiger partial charge in [-0.2, -0.15) is 0 Å². The molecule has 0 N–H and O–H groups in total. The number of aryl methyl sites for hydroxylation is 1. The fraction of sp³-hybridized carbons (Fsp3) is 0.133. The highest BCUT2D eigenvalue weighted by atomic mass is 35.5. The van der Waals surface area contributed by atoms with Crippen LogP contribution in [0.1, 0.15) is 21.5 Å². The van der Waals surface area contributed by atoms with Gasteiger partial charge in [0, 0.05) is 10.6 Å². The summed E-state index contributed by atoms with van der Waals surface area (Å²) in [4.78, 5) is 12.4. The topological polar surface area (TPSA) is 26.3 Å². The summed E-state index contributed by atoms with van der Waals surface area (Å²) in [7, 11) is 1.48. The maximum atomic E-state index is 13.1. The number of benzene rings is 2. The molecule has 2 aromatic rings. The number of carbonyl (C=O) groups excluding carboxylic acids is 1. The van der Waals surface area contributed by atoms with E-state index >= 15 is 0 Å². The lowest BCUT2D eigenvalue weighted by Gasteiger charge is -2.10. The molecular formula is C15H12ClFO2. The molecule has 0 spiro atoms. The van der Waals surface area contributed by atoms with Gasteiger partial charge in [0.05, 0.1) is 12.7 Å². The molecule has 0 saturated carbocycles. The third-order valence-corrected chi connectivity index (χ3v) is 3.07. The Morgan fingerprint density at radius 1 is 1.16 bits per heavy atom. The van der Waals surface area contributed by atoms with E-state index in [1.54, 1.807) is 25.1 Å². The van der Waals surface area contributed by atoms with Crippen LogP contribution in [0.4, 0.5) is 4.39 Å². The van der Waals surface area contributed by atoms with Crippen LogP contribution in [-0.4, -0.2) is 12.9 Å². The van der Waals surface area contributed by atoms with Gasteiger partial charge < -0.3 is 4.74 Å². The minimum atomic E-state index is -0.368. The Labute approximate surface area is 115 Å². The second-order valence-corrected chi connectivity index (χ2v) is 4.57. The number of hydrogen-bond acceptors (Lipinski definition) is 2. The maximum absolute atomic E-state index is 13.1. The molecule has 0 bridgehead atoms. The van der Waals surface area contributed by atoms with Gasteiger partial charge in [-0.05, 0) is 48.9 Å². The Balaban J connectivity index is 2.52. The van der Waals surface area contributed by atoms with E-state index in [1.165, 1.54) is 25.3 Å². The zero-order valence-corrected chi connectivity index (χ0v) is 11.3. The van der Waals surface area contributed by atoms with E-state index < -0.39 is 0 Å². The number of carbonyl (C=O) groups is 1. The molecule has 0 unspecified atom stereocenters. The Morgan fingerprint density at radius 3 is 2.53 bits per heavy atom. The van der Waals surface area contributed by atoms with Gasteiger partial charge in [0.25, 0.3) is 0 Å². The number of ketones is 1. The van der Waals surface area contributed by atoms with Crippen molar-refractivity contribution in [1.29, 1.82) is 0 Å². The van der Waals surface area contributed by atoms with Crippen LogP contribution in [0.25, 0.3) is 0 Å². The van der Waals surface area contributed by atoms with Crippen molar-refractivity contribution in [2.75, 3.05) is 7.11 Å². The summed E-state index contributed by atoms with van der Waals surface area (Å²) >= 11 is 5.90. The number of rotatable bonds is 3. The molecule has 0 radical (unpaired) electrons. The third kappa shape index (κ3) is 2.76. The van der Waals surface area contributed by atoms with Crippen LogP contribution in [0.15, 0.2) is 36.4 Å². The van der Waals surface area contributed by atoms with Crippen LogP contribution >= 0.6 is 11.6 Å². The fourth-order valence-electron chi connectivity index (χ4n) is 1.88. The van der Waals surface area contributed by atoms with Gasteiger partial charge in [-0.25, -0.2) is 4.39 Å². The Kier molecular flexibility index (Phi) is 3.86. The van der Waals surface area contributed by atoms with E-state index in [-0.39, 0.29) is 11.6 Å². The van der Waals surface area contributed by atoms with Gasteiger partial charge in [-0.15, -0.1) is 0 Å². The van der Waals surface area contributed by atoms with Crippen molar-refractivity contribution in [3.8, 4) is 5.75 Å². The number of ether oxygens (including phenoxy) is 1. The molecule has 0 aliphatic heterocycles. The quantitative estimate of drug-likeness (QED) is 0.793. The van der Waals surface area contributed by atoms with Crippen LogP contribution in [0.5, 0.6) is 5.75 Å². The molecule has 19 heavy (non-hydrogen) atoms. The third-order valence-electron chi connectivity index (χ3n) is 2.84. The first-order valence-electron chi connectivity index (χ1n) is 5.67. The van der Waals surface area contributed by atoms with Crippen LogP contribution in [0.2, 0.25) is 5.02 Å². The smallest absolute Gasteiger partial charge is 0.197 e. The largest absolute Gasteiger partial charge is 0.496 e. The minimum absolute atomic E-state index is 0.239. The zero-order chi connectivity index (χ0) is 14.0. The van der Waals surface area contributed by atoms with Crippen molar-refractivity contribution in [3.05, 3.63) is 63.9 Å². The molecule has 0 heterocycles. The highest BCUT2D eigenvalue weighted by molar-refractivity contribution is 6.31. The fourth-order valence-corrected chi connectivity index (χ4v) is 2.06. The summed E-state index contributed by atoms with van der Waals surface area (Å²) in [5, 5.41) is 0.448. The summed E-state index contributed by atoms with van der Waals surface area (Å²) in [6.45, 7) is 1.69. The summed E-state index contributed by atoms with van der Waals surface area (Å²) in [5.74, 6) is -0.165. The first-order chi connectivity index (χ1) is 9.02. The molecule has 98 valence electrons. The van der Waals surface area contributed by atoms with Gasteiger partial charge in [0.1, 0.15) is 11.6 Å². The Hall–Kier alpha value is -1.87. The second-order valence-electron chi connectivity index (χ2n) is 4.13. The molecule has 0 aromatic heterocycles. The molecule has 2 rings (SSSR count). The highest BCUT2D eigenvalue weighted by Crippen LogP contribution is 2.26. The van der Waals surface area contributed by atoms with Crippen LogP contribution in [0, 0.1) is 12.7 Å². The SMILES string of the molecule is COc1ccc(Cl)cc1C(=O)c1ccc(F)cc1C. The van der Waals surface area contributed by atoms with Crippen molar-refractivity contribution >= 4 is 17.4 Å². The van der Waals surface area contributed by atoms with E-state index in [4.69, 9.17) is 16.3 Å². The molecule has 0 saturated heterocycles. The lowest BCUT2D eigenvalue weighted by molar-refractivity contribution is 0.103. The molecule has 0 aliphatic carbocycles. The summed E-state index contributed by atoms with van der Waals surface area (Å²) < 4.78 is 18.2. The van der Waals surface area contributed by atoms with Gasteiger partial charge in [0.2, 0.25) is 0 Å². The second kappa shape index (κ2) is 5.41. The Bertz CT molecular complexity index is 638. The van der Waals surface area contributed by atoms with Gasteiger partial charge in [-0.3, -0.25) is 4.79 Å². The lowest BCUT2D eigenvalue weighted by Crippen LogP contribution is -2.06. The van der Waals surface area contributed by atoms with Crippen molar-refractivity contribution in [3.63, 3.8) is 0 Å². The van der Waals surface area contributed by atoms with Gasteiger partial charge in [0.15, 0.2) is 5.78 Å². The first kappa shape index (κ1) is 13.6. The highest BCUT2D eigenvalue weighted by Gasteiger charge is 2.17. The first-order valence-corrected chi connectivity index (χ1v) is 6.05. The molecule has 4 heteroatoms. The summed E-state index contributed by atoms with van der Waals surface area (Å²) in [6, 6.07) is 8.88. The van der Waals surface area contributed by atoms with E-state index in [0.717, 1.165) is 0 Å².